The van der Waals surface area contributed by atoms with Gasteiger partial charge in [0.1, 0.15) is 5.03 Å². The Kier molecular flexibility index (Phi) is 3.69. The molecule has 1 nitrogen and oxygen atoms in total. The molecule has 88 valence electrons. The summed E-state index contributed by atoms with van der Waals surface area (Å²) in [5.41, 5.74) is 2.25. The van der Waals surface area contributed by atoms with Gasteiger partial charge in [0, 0.05) is 11.1 Å². The lowest BCUT2D eigenvalue weighted by Gasteiger charge is -2.06. The van der Waals surface area contributed by atoms with Crippen LogP contribution < -0.4 is 0 Å². The van der Waals surface area contributed by atoms with E-state index in [0.29, 0.717) is 10.0 Å². The molecule has 0 spiro atoms. The molecule has 4 heteroatoms. The number of nitrogens with zero attached hydrogens (tertiary/aromatic N) is 1. The van der Waals surface area contributed by atoms with Gasteiger partial charge in [-0.1, -0.05) is 35.5 Å². The van der Waals surface area contributed by atoms with E-state index in [2.05, 4.69) is 4.98 Å². The third-order valence-corrected chi connectivity index (χ3v) is 3.68. The van der Waals surface area contributed by atoms with E-state index in [4.69, 9.17) is 11.6 Å². The fourth-order valence-corrected chi connectivity index (χ4v) is 2.49. The molecule has 0 aliphatic heterocycles. The minimum absolute atomic E-state index is 0.313. The number of hydrogen-bond donors (Lipinski definition) is 0. The lowest BCUT2D eigenvalue weighted by Crippen LogP contribution is -1.88. The van der Waals surface area contributed by atoms with Crippen LogP contribution in [0.5, 0.6) is 0 Å². The molecule has 0 aliphatic rings. The predicted octanol–water partition coefficient (Wildman–Crippen LogP) is 4.64. The van der Waals surface area contributed by atoms with Crippen LogP contribution in [-0.2, 0) is 0 Å². The topological polar surface area (TPSA) is 12.9 Å². The highest BCUT2D eigenvalue weighted by atomic mass is 35.5. The zero-order valence-electron chi connectivity index (χ0n) is 9.50. The molecule has 1 aromatic carbocycles. The van der Waals surface area contributed by atoms with Crippen molar-refractivity contribution < 1.29 is 4.39 Å². The van der Waals surface area contributed by atoms with Gasteiger partial charge in [-0.25, -0.2) is 9.37 Å². The number of aromatic nitrogens is 1. The summed E-state index contributed by atoms with van der Waals surface area (Å²) in [6.07, 6.45) is 1.46. The van der Waals surface area contributed by atoms with Crippen LogP contribution in [0.2, 0.25) is 5.02 Å². The van der Waals surface area contributed by atoms with E-state index in [9.17, 15) is 4.39 Å². The normalized spacial score (nSPS) is 10.6. The Labute approximate surface area is 109 Å². The lowest BCUT2D eigenvalue weighted by molar-refractivity contribution is 0.588. The maximum Gasteiger partial charge on any atom is 0.157 e. The number of rotatable bonds is 2. The van der Waals surface area contributed by atoms with Gasteiger partial charge in [-0.15, -0.1) is 0 Å². The Morgan fingerprint density at radius 2 is 2.00 bits per heavy atom. The summed E-state index contributed by atoms with van der Waals surface area (Å²) >= 11 is 6.98. The molecule has 0 saturated carbocycles. The summed E-state index contributed by atoms with van der Waals surface area (Å²) in [7, 11) is 0. The van der Waals surface area contributed by atoms with Crippen LogP contribution in [0.25, 0.3) is 0 Å². The number of aryl methyl sites for hydroxylation is 2. The molecule has 2 rings (SSSR count). The van der Waals surface area contributed by atoms with E-state index in [0.717, 1.165) is 16.0 Å². The average molecular weight is 268 g/mol. The monoisotopic (exact) mass is 267 g/mol. The van der Waals surface area contributed by atoms with Gasteiger partial charge in [-0.05, 0) is 37.1 Å². The van der Waals surface area contributed by atoms with Crippen LogP contribution in [-0.4, -0.2) is 4.98 Å². The molecular formula is C13H11ClFNS. The molecule has 0 atom stereocenters. The fourth-order valence-electron chi connectivity index (χ4n) is 1.40. The maximum atomic E-state index is 13.6. The molecule has 0 unspecified atom stereocenters. The summed E-state index contributed by atoms with van der Waals surface area (Å²) in [6, 6.07) is 7.36. The molecule has 0 aliphatic carbocycles. The summed E-state index contributed by atoms with van der Waals surface area (Å²) in [5, 5.41) is 0.663. The van der Waals surface area contributed by atoms with Gasteiger partial charge < -0.3 is 0 Å². The van der Waals surface area contributed by atoms with Crippen molar-refractivity contribution in [3.8, 4) is 0 Å². The molecule has 17 heavy (non-hydrogen) atoms. The van der Waals surface area contributed by atoms with Gasteiger partial charge in [0.05, 0.1) is 5.02 Å². The smallest absolute Gasteiger partial charge is 0.157 e. The fraction of sp³-hybridized carbons (Fsp3) is 0.154. The van der Waals surface area contributed by atoms with Crippen molar-refractivity contribution in [2.75, 3.05) is 0 Å². The summed E-state index contributed by atoms with van der Waals surface area (Å²) < 4.78 is 13.6. The van der Waals surface area contributed by atoms with E-state index >= 15 is 0 Å². The van der Waals surface area contributed by atoms with Crippen LogP contribution in [0.15, 0.2) is 40.4 Å². The summed E-state index contributed by atoms with van der Waals surface area (Å²) in [4.78, 5) is 5.01. The van der Waals surface area contributed by atoms with Gasteiger partial charge in [-0.2, -0.15) is 0 Å². The minimum Gasteiger partial charge on any atom is -0.245 e. The molecule has 0 bridgehead atoms. The number of benzene rings is 1. The molecule has 0 saturated heterocycles. The van der Waals surface area contributed by atoms with Crippen LogP contribution in [0, 0.1) is 19.7 Å². The SMILES string of the molecule is Cc1ccc(C)c(Sc2ncc(Cl)cc2F)c1. The molecule has 0 fully saturated rings. The van der Waals surface area contributed by atoms with Gasteiger partial charge in [0.15, 0.2) is 5.82 Å². The third-order valence-electron chi connectivity index (χ3n) is 2.32. The van der Waals surface area contributed by atoms with E-state index in [-0.39, 0.29) is 5.82 Å². The second kappa shape index (κ2) is 5.07. The van der Waals surface area contributed by atoms with Crippen molar-refractivity contribution >= 4 is 23.4 Å². The first-order valence-corrected chi connectivity index (χ1v) is 6.32. The van der Waals surface area contributed by atoms with Gasteiger partial charge in [0.25, 0.3) is 0 Å². The largest absolute Gasteiger partial charge is 0.245 e. The summed E-state index contributed by atoms with van der Waals surface area (Å²) in [5.74, 6) is -0.386. The molecule has 1 heterocycles. The molecule has 2 aromatic rings. The quantitative estimate of drug-likeness (QED) is 0.786. The molecule has 0 N–H and O–H groups in total. The first kappa shape index (κ1) is 12.4. The molecule has 0 amide bonds. The van der Waals surface area contributed by atoms with Crippen LogP contribution in [0.1, 0.15) is 11.1 Å². The van der Waals surface area contributed by atoms with Gasteiger partial charge >= 0.3 is 0 Å². The number of halogens is 2. The van der Waals surface area contributed by atoms with Crippen molar-refractivity contribution in [3.05, 3.63) is 52.4 Å². The zero-order chi connectivity index (χ0) is 12.4. The van der Waals surface area contributed by atoms with E-state index in [1.807, 2.05) is 32.0 Å². The second-order valence-corrected chi connectivity index (χ2v) is 5.28. The highest BCUT2D eigenvalue weighted by Gasteiger charge is 2.08. The standard InChI is InChI=1S/C13H11ClFNS/c1-8-3-4-9(2)12(5-8)17-13-11(15)6-10(14)7-16-13/h3-7H,1-2H3. The van der Waals surface area contributed by atoms with E-state index in [1.54, 1.807) is 0 Å². The third kappa shape index (κ3) is 2.99. The van der Waals surface area contributed by atoms with E-state index < -0.39 is 0 Å². The predicted molar refractivity (Wildman–Crippen MR) is 69.2 cm³/mol. The zero-order valence-corrected chi connectivity index (χ0v) is 11.1. The highest BCUT2D eigenvalue weighted by molar-refractivity contribution is 7.99. The highest BCUT2D eigenvalue weighted by Crippen LogP contribution is 2.31. The van der Waals surface area contributed by atoms with Crippen molar-refractivity contribution in [2.45, 2.75) is 23.8 Å². The Morgan fingerprint density at radius 3 is 2.71 bits per heavy atom. The lowest BCUT2D eigenvalue weighted by atomic mass is 10.2. The second-order valence-electron chi connectivity index (χ2n) is 3.81. The van der Waals surface area contributed by atoms with Crippen molar-refractivity contribution in [3.63, 3.8) is 0 Å². The maximum absolute atomic E-state index is 13.6. The molecule has 0 radical (unpaired) electrons. The summed E-state index contributed by atoms with van der Waals surface area (Å²) in [6.45, 7) is 4.00. The Bertz CT molecular complexity index is 557. The van der Waals surface area contributed by atoms with Crippen LogP contribution in [0.3, 0.4) is 0 Å². The first-order valence-electron chi connectivity index (χ1n) is 5.12. The van der Waals surface area contributed by atoms with E-state index in [1.165, 1.54) is 24.0 Å². The minimum atomic E-state index is -0.386. The van der Waals surface area contributed by atoms with Gasteiger partial charge in [-0.3, -0.25) is 0 Å². The Balaban J connectivity index is 2.34. The van der Waals surface area contributed by atoms with Crippen molar-refractivity contribution in [1.82, 2.24) is 4.98 Å². The Hall–Kier alpha value is -1.06. The Morgan fingerprint density at radius 1 is 1.24 bits per heavy atom. The van der Waals surface area contributed by atoms with Gasteiger partial charge in [0.2, 0.25) is 0 Å². The number of pyridine rings is 1. The molecular weight excluding hydrogens is 257 g/mol. The molecule has 1 aromatic heterocycles. The number of hydrogen-bond acceptors (Lipinski definition) is 2. The van der Waals surface area contributed by atoms with Crippen molar-refractivity contribution in [2.24, 2.45) is 0 Å². The van der Waals surface area contributed by atoms with Crippen LogP contribution >= 0.6 is 23.4 Å². The first-order chi connectivity index (χ1) is 8.06. The van der Waals surface area contributed by atoms with Crippen LogP contribution in [0.4, 0.5) is 4.39 Å². The average Bonchev–Trinajstić information content (AvgIpc) is 2.27. The van der Waals surface area contributed by atoms with Crippen molar-refractivity contribution in [1.29, 1.82) is 0 Å².